The third-order valence-electron chi connectivity index (χ3n) is 3.65. The number of carbonyl (C=O) groups is 3. The van der Waals surface area contributed by atoms with Crippen LogP contribution < -0.4 is 5.32 Å². The Balaban J connectivity index is 3.01. The topological polar surface area (TPSA) is 86.7 Å². The Kier molecular flexibility index (Phi) is 5.32. The average Bonchev–Trinajstić information content (AvgIpc) is 2.69. The largest absolute Gasteiger partial charge is 0.481 e. The number of hydrogen-bond donors (Lipinski definition) is 2. The van der Waals surface area contributed by atoms with Gasteiger partial charge in [0.2, 0.25) is 11.8 Å². The lowest BCUT2D eigenvalue weighted by Gasteiger charge is -2.31. The maximum Gasteiger partial charge on any atom is 0.316 e. The zero-order chi connectivity index (χ0) is 14.6. The fourth-order valence-corrected chi connectivity index (χ4v) is 2.73. The number of hydrogen-bond acceptors (Lipinski definition) is 3. The first-order valence-corrected chi connectivity index (χ1v) is 6.74. The van der Waals surface area contributed by atoms with Gasteiger partial charge in [-0.05, 0) is 19.3 Å². The molecule has 0 bridgehead atoms. The van der Waals surface area contributed by atoms with E-state index in [4.69, 9.17) is 5.11 Å². The van der Waals surface area contributed by atoms with Gasteiger partial charge >= 0.3 is 5.97 Å². The monoisotopic (exact) mass is 270 g/mol. The number of amides is 2. The quantitative estimate of drug-likeness (QED) is 0.692. The van der Waals surface area contributed by atoms with E-state index in [1.807, 2.05) is 13.8 Å². The van der Waals surface area contributed by atoms with Crippen LogP contribution in [0.2, 0.25) is 0 Å². The molecule has 0 radical (unpaired) electrons. The van der Waals surface area contributed by atoms with Crippen molar-refractivity contribution in [3.05, 3.63) is 0 Å². The lowest BCUT2D eigenvalue weighted by Crippen LogP contribution is -2.50. The van der Waals surface area contributed by atoms with Crippen molar-refractivity contribution in [3.8, 4) is 0 Å². The Bertz CT molecular complexity index is 370. The maximum atomic E-state index is 12.2. The molecule has 0 spiro atoms. The highest BCUT2D eigenvalue weighted by Gasteiger charge is 2.46. The summed E-state index contributed by atoms with van der Waals surface area (Å²) in [5.74, 6) is -2.76. The summed E-state index contributed by atoms with van der Waals surface area (Å²) in [4.78, 5) is 36.7. The molecular formula is C13H22N2O4. The first-order chi connectivity index (χ1) is 8.97. The summed E-state index contributed by atoms with van der Waals surface area (Å²) in [6.45, 7) is 3.81. The molecule has 0 aliphatic carbocycles. The molecule has 0 saturated carbocycles. The Labute approximate surface area is 113 Å². The van der Waals surface area contributed by atoms with Gasteiger partial charge < -0.3 is 15.3 Å². The van der Waals surface area contributed by atoms with Gasteiger partial charge in [0.1, 0.15) is 12.0 Å². The second-order valence-corrected chi connectivity index (χ2v) is 4.85. The van der Waals surface area contributed by atoms with E-state index in [0.29, 0.717) is 12.8 Å². The van der Waals surface area contributed by atoms with E-state index in [0.717, 1.165) is 12.8 Å². The second kappa shape index (κ2) is 6.54. The van der Waals surface area contributed by atoms with Crippen LogP contribution in [0, 0.1) is 5.92 Å². The van der Waals surface area contributed by atoms with Crippen LogP contribution in [0.4, 0.5) is 0 Å². The Morgan fingerprint density at radius 3 is 2.53 bits per heavy atom. The number of likely N-dealkylation sites (N-methyl/N-ethyl adjacent to an activating group) is 1. The number of carboxylic acid groups (broad SMARTS) is 1. The normalized spacial score (nSPS) is 24.4. The van der Waals surface area contributed by atoms with Gasteiger partial charge in [-0.3, -0.25) is 14.4 Å². The molecule has 2 unspecified atom stereocenters. The molecule has 2 amide bonds. The highest BCUT2D eigenvalue weighted by Crippen LogP contribution is 2.30. The predicted octanol–water partition coefficient (Wildman–Crippen LogP) is 0.613. The number of likely N-dealkylation sites (tertiary alicyclic amines) is 1. The summed E-state index contributed by atoms with van der Waals surface area (Å²) in [6.07, 6.45) is 2.36. The van der Waals surface area contributed by atoms with Crippen molar-refractivity contribution < 1.29 is 19.5 Å². The number of aliphatic carboxylic acids is 1. The van der Waals surface area contributed by atoms with Crippen LogP contribution in [0.5, 0.6) is 0 Å². The summed E-state index contributed by atoms with van der Waals surface area (Å²) < 4.78 is 0. The van der Waals surface area contributed by atoms with E-state index in [2.05, 4.69) is 5.32 Å². The third-order valence-corrected chi connectivity index (χ3v) is 3.65. The van der Waals surface area contributed by atoms with E-state index in [1.54, 1.807) is 0 Å². The molecule has 108 valence electrons. The molecular weight excluding hydrogens is 248 g/mol. The summed E-state index contributed by atoms with van der Waals surface area (Å²) in [5.41, 5.74) is 0. The van der Waals surface area contributed by atoms with Crippen LogP contribution in [-0.2, 0) is 14.4 Å². The van der Waals surface area contributed by atoms with Crippen molar-refractivity contribution >= 4 is 17.8 Å². The van der Waals surface area contributed by atoms with Gasteiger partial charge in [-0.15, -0.1) is 0 Å². The first-order valence-electron chi connectivity index (χ1n) is 6.74. The lowest BCUT2D eigenvalue weighted by atomic mass is 10.0. The van der Waals surface area contributed by atoms with Gasteiger partial charge in [-0.1, -0.05) is 20.3 Å². The molecule has 1 fully saturated rings. The highest BCUT2D eigenvalue weighted by molar-refractivity contribution is 6.00. The summed E-state index contributed by atoms with van der Waals surface area (Å²) in [7, 11) is 1.52. The molecule has 0 aromatic carbocycles. The van der Waals surface area contributed by atoms with Crippen molar-refractivity contribution in [1.82, 2.24) is 10.2 Å². The standard InChI is InChI=1S/C13H22N2O4/c1-4-6-8-7-9(13(18)19)12(17)15(8)10(5-2)11(16)14-3/h8-10H,4-7H2,1-3H3,(H,14,16)(H,18,19)/t8?,9?,10-/m0/s1. The fraction of sp³-hybridized carbons (Fsp3) is 0.769. The van der Waals surface area contributed by atoms with Crippen molar-refractivity contribution in [1.29, 1.82) is 0 Å². The average molecular weight is 270 g/mol. The molecule has 1 rings (SSSR count). The Hall–Kier alpha value is -1.59. The number of rotatable bonds is 6. The molecule has 3 atom stereocenters. The fourth-order valence-electron chi connectivity index (χ4n) is 2.73. The Morgan fingerprint density at radius 1 is 1.47 bits per heavy atom. The summed E-state index contributed by atoms with van der Waals surface area (Å²) in [6, 6.07) is -0.723. The zero-order valence-corrected chi connectivity index (χ0v) is 11.7. The second-order valence-electron chi connectivity index (χ2n) is 4.85. The maximum absolute atomic E-state index is 12.2. The summed E-state index contributed by atoms with van der Waals surface area (Å²) in [5, 5.41) is 11.6. The minimum atomic E-state index is -1.10. The number of nitrogens with zero attached hydrogens (tertiary/aromatic N) is 1. The smallest absolute Gasteiger partial charge is 0.316 e. The van der Waals surface area contributed by atoms with E-state index in [9.17, 15) is 14.4 Å². The van der Waals surface area contributed by atoms with Gasteiger partial charge in [-0.2, -0.15) is 0 Å². The van der Waals surface area contributed by atoms with E-state index < -0.39 is 23.8 Å². The molecule has 0 aromatic rings. The van der Waals surface area contributed by atoms with Crippen molar-refractivity contribution in [2.45, 2.75) is 51.6 Å². The Morgan fingerprint density at radius 2 is 2.11 bits per heavy atom. The van der Waals surface area contributed by atoms with Gasteiger partial charge in [-0.25, -0.2) is 0 Å². The predicted molar refractivity (Wildman–Crippen MR) is 69.4 cm³/mol. The molecule has 19 heavy (non-hydrogen) atoms. The molecule has 1 heterocycles. The SMILES string of the molecule is CCCC1CC(C(=O)O)C(=O)N1[C@@H](CC)C(=O)NC. The molecule has 1 aliphatic rings. The third kappa shape index (κ3) is 3.05. The number of carboxylic acids is 1. The van der Waals surface area contributed by atoms with Crippen molar-refractivity contribution in [2.75, 3.05) is 7.05 Å². The first kappa shape index (κ1) is 15.5. The van der Waals surface area contributed by atoms with E-state index in [1.165, 1.54) is 11.9 Å². The van der Waals surface area contributed by atoms with Crippen LogP contribution in [0.3, 0.4) is 0 Å². The summed E-state index contributed by atoms with van der Waals surface area (Å²) >= 11 is 0. The van der Waals surface area contributed by atoms with Crippen molar-refractivity contribution in [2.24, 2.45) is 5.92 Å². The highest BCUT2D eigenvalue weighted by atomic mass is 16.4. The molecule has 6 heteroatoms. The molecule has 0 aromatic heterocycles. The van der Waals surface area contributed by atoms with Crippen molar-refractivity contribution in [3.63, 3.8) is 0 Å². The molecule has 6 nitrogen and oxygen atoms in total. The van der Waals surface area contributed by atoms with Crippen LogP contribution in [0.15, 0.2) is 0 Å². The number of carbonyl (C=O) groups excluding carboxylic acids is 2. The van der Waals surface area contributed by atoms with Crippen LogP contribution in [0.25, 0.3) is 0 Å². The van der Waals surface area contributed by atoms with Gasteiger partial charge in [0.25, 0.3) is 0 Å². The van der Waals surface area contributed by atoms with Gasteiger partial charge in [0.05, 0.1) is 0 Å². The molecule has 2 N–H and O–H groups in total. The van der Waals surface area contributed by atoms with E-state index in [-0.39, 0.29) is 11.9 Å². The van der Waals surface area contributed by atoms with Crippen LogP contribution in [-0.4, -0.2) is 46.9 Å². The minimum absolute atomic E-state index is 0.152. The van der Waals surface area contributed by atoms with E-state index >= 15 is 0 Å². The minimum Gasteiger partial charge on any atom is -0.481 e. The van der Waals surface area contributed by atoms with Gasteiger partial charge in [0.15, 0.2) is 0 Å². The zero-order valence-electron chi connectivity index (χ0n) is 11.7. The van der Waals surface area contributed by atoms with Gasteiger partial charge in [0, 0.05) is 13.1 Å². The van der Waals surface area contributed by atoms with Crippen LogP contribution >= 0.6 is 0 Å². The number of nitrogens with one attached hydrogen (secondary N) is 1. The molecule has 1 saturated heterocycles. The van der Waals surface area contributed by atoms with Crippen LogP contribution in [0.1, 0.15) is 39.5 Å². The molecule has 1 aliphatic heterocycles. The lowest BCUT2D eigenvalue weighted by molar-refractivity contribution is -0.150.